The van der Waals surface area contributed by atoms with E-state index < -0.39 is 33.1 Å². The quantitative estimate of drug-likeness (QED) is 0.284. The first kappa shape index (κ1) is 24.3. The second kappa shape index (κ2) is 9.94. The molecule has 3 atom stereocenters. The molecule has 1 aliphatic rings. The number of benzene rings is 4. The number of methoxy groups -OCH3 is 1. The van der Waals surface area contributed by atoms with Crippen molar-refractivity contribution in [2.75, 3.05) is 7.11 Å². The molecule has 1 aliphatic carbocycles. The molecular weight excluding hydrogens is 472 g/mol. The SMILES string of the molecule is COc1ccc2cc([C@@H](C)C(=O)O[C@H]3CCCC[C@@H]3S(=O)(=O)c3ccc4ccccc4c3)ccc2c1. The van der Waals surface area contributed by atoms with Gasteiger partial charge in [0.25, 0.3) is 0 Å². The first-order valence-electron chi connectivity index (χ1n) is 12.4. The fourth-order valence-corrected chi connectivity index (χ4v) is 7.06. The average molecular weight is 503 g/mol. The minimum atomic E-state index is -3.66. The van der Waals surface area contributed by atoms with Crippen LogP contribution >= 0.6 is 0 Å². The van der Waals surface area contributed by atoms with E-state index in [9.17, 15) is 13.2 Å². The van der Waals surface area contributed by atoms with Crippen molar-refractivity contribution in [2.45, 2.75) is 54.8 Å². The van der Waals surface area contributed by atoms with Gasteiger partial charge in [0.05, 0.1) is 17.9 Å². The Balaban J connectivity index is 1.37. The topological polar surface area (TPSA) is 69.7 Å². The monoisotopic (exact) mass is 502 g/mol. The molecule has 0 aliphatic heterocycles. The molecule has 6 heteroatoms. The number of carbonyl (C=O) groups is 1. The highest BCUT2D eigenvalue weighted by atomic mass is 32.2. The van der Waals surface area contributed by atoms with Gasteiger partial charge in [-0.2, -0.15) is 0 Å². The lowest BCUT2D eigenvalue weighted by molar-refractivity contribution is -0.151. The van der Waals surface area contributed by atoms with Crippen molar-refractivity contribution in [3.8, 4) is 5.75 Å². The van der Waals surface area contributed by atoms with Gasteiger partial charge in [0.15, 0.2) is 9.84 Å². The van der Waals surface area contributed by atoms with E-state index in [1.807, 2.05) is 73.7 Å². The largest absolute Gasteiger partial charge is 0.497 e. The molecule has 0 saturated heterocycles. The van der Waals surface area contributed by atoms with Gasteiger partial charge in [-0.3, -0.25) is 4.79 Å². The number of ether oxygens (including phenoxy) is 2. The summed E-state index contributed by atoms with van der Waals surface area (Å²) < 4.78 is 38.5. The summed E-state index contributed by atoms with van der Waals surface area (Å²) in [5.41, 5.74) is 0.836. The molecule has 4 aromatic carbocycles. The number of hydrogen-bond donors (Lipinski definition) is 0. The molecule has 0 bridgehead atoms. The van der Waals surface area contributed by atoms with Gasteiger partial charge in [-0.15, -0.1) is 0 Å². The van der Waals surface area contributed by atoms with Crippen LogP contribution in [0.4, 0.5) is 0 Å². The molecule has 0 N–H and O–H groups in total. The lowest BCUT2D eigenvalue weighted by Gasteiger charge is -2.31. The van der Waals surface area contributed by atoms with Gasteiger partial charge in [0, 0.05) is 0 Å². The highest BCUT2D eigenvalue weighted by molar-refractivity contribution is 7.92. The van der Waals surface area contributed by atoms with Crippen molar-refractivity contribution in [3.63, 3.8) is 0 Å². The van der Waals surface area contributed by atoms with Crippen LogP contribution in [0.5, 0.6) is 5.75 Å². The number of rotatable bonds is 6. The lowest BCUT2D eigenvalue weighted by atomic mass is 9.95. The van der Waals surface area contributed by atoms with Crippen molar-refractivity contribution >= 4 is 37.4 Å². The Kier molecular flexibility index (Phi) is 6.71. The number of esters is 1. The molecule has 1 saturated carbocycles. The summed E-state index contributed by atoms with van der Waals surface area (Å²) in [7, 11) is -2.03. The molecule has 36 heavy (non-hydrogen) atoms. The second-order valence-electron chi connectivity index (χ2n) is 9.55. The van der Waals surface area contributed by atoms with E-state index in [4.69, 9.17) is 9.47 Å². The number of carbonyl (C=O) groups excluding carboxylic acids is 1. The predicted octanol–water partition coefficient (Wildman–Crippen LogP) is 6.43. The maximum Gasteiger partial charge on any atom is 0.313 e. The molecule has 5 nitrogen and oxygen atoms in total. The van der Waals surface area contributed by atoms with E-state index in [1.54, 1.807) is 19.2 Å². The zero-order valence-corrected chi connectivity index (χ0v) is 21.3. The summed E-state index contributed by atoms with van der Waals surface area (Å²) in [6.07, 6.45) is 2.02. The average Bonchev–Trinajstić information content (AvgIpc) is 2.91. The number of fused-ring (bicyclic) bond motifs is 2. The zero-order chi connectivity index (χ0) is 25.3. The molecule has 5 rings (SSSR count). The maximum atomic E-state index is 13.7. The minimum absolute atomic E-state index is 0.284. The smallest absolute Gasteiger partial charge is 0.313 e. The van der Waals surface area contributed by atoms with Crippen LogP contribution < -0.4 is 4.74 Å². The standard InChI is InChI=1S/C30H30O5S/c1-20(22-11-12-25-18-26(34-2)15-13-24(25)17-22)30(31)35-28-9-5-6-10-29(28)36(32,33)27-16-14-21-7-3-4-8-23(21)19-27/h3-4,7-8,11-20,28-29H,5-6,9-10H2,1-2H3/t20-,28+,29+/m1/s1. The van der Waals surface area contributed by atoms with Gasteiger partial charge < -0.3 is 9.47 Å². The Morgan fingerprint density at radius 3 is 2.31 bits per heavy atom. The lowest BCUT2D eigenvalue weighted by Crippen LogP contribution is -2.40. The first-order chi connectivity index (χ1) is 17.4. The van der Waals surface area contributed by atoms with Gasteiger partial charge in [0.2, 0.25) is 0 Å². The summed E-state index contributed by atoms with van der Waals surface area (Å²) >= 11 is 0. The molecule has 0 radical (unpaired) electrons. The third-order valence-electron chi connectivity index (χ3n) is 7.28. The fourth-order valence-electron chi connectivity index (χ4n) is 5.10. The highest BCUT2D eigenvalue weighted by Gasteiger charge is 2.39. The van der Waals surface area contributed by atoms with Crippen molar-refractivity contribution in [1.29, 1.82) is 0 Å². The van der Waals surface area contributed by atoms with Crippen LogP contribution in [-0.2, 0) is 19.4 Å². The molecule has 4 aromatic rings. The van der Waals surface area contributed by atoms with Crippen LogP contribution in [0.3, 0.4) is 0 Å². The van der Waals surface area contributed by atoms with E-state index >= 15 is 0 Å². The van der Waals surface area contributed by atoms with E-state index in [2.05, 4.69) is 0 Å². The maximum absolute atomic E-state index is 13.7. The Labute approximate surface area is 212 Å². The predicted molar refractivity (Wildman–Crippen MR) is 142 cm³/mol. The van der Waals surface area contributed by atoms with Crippen LogP contribution in [-0.4, -0.2) is 32.9 Å². The van der Waals surface area contributed by atoms with Crippen LogP contribution in [0.25, 0.3) is 21.5 Å². The fraction of sp³-hybridized carbons (Fsp3) is 0.300. The van der Waals surface area contributed by atoms with Gasteiger partial charge >= 0.3 is 5.97 Å². The Hall–Kier alpha value is -3.38. The normalized spacial score (nSPS) is 19.2. The van der Waals surface area contributed by atoms with Gasteiger partial charge in [-0.25, -0.2) is 8.42 Å². The summed E-state index contributed by atoms with van der Waals surface area (Å²) in [5, 5.41) is 3.15. The summed E-state index contributed by atoms with van der Waals surface area (Å²) in [5.74, 6) is -0.130. The molecule has 0 heterocycles. The Bertz CT molecular complexity index is 1530. The number of sulfone groups is 1. The summed E-state index contributed by atoms with van der Waals surface area (Å²) in [6.45, 7) is 1.81. The van der Waals surface area contributed by atoms with E-state index in [1.165, 1.54) is 0 Å². The summed E-state index contributed by atoms with van der Waals surface area (Å²) in [6, 6.07) is 24.6. The molecule has 0 amide bonds. The second-order valence-corrected chi connectivity index (χ2v) is 11.7. The van der Waals surface area contributed by atoms with Crippen LogP contribution in [0.15, 0.2) is 83.8 Å². The van der Waals surface area contributed by atoms with Crippen LogP contribution in [0.1, 0.15) is 44.1 Å². The van der Waals surface area contributed by atoms with Crippen molar-refractivity contribution in [1.82, 2.24) is 0 Å². The van der Waals surface area contributed by atoms with Gasteiger partial charge in [-0.05, 0) is 77.6 Å². The number of hydrogen-bond acceptors (Lipinski definition) is 5. The molecular formula is C30H30O5S. The van der Waals surface area contributed by atoms with Gasteiger partial charge in [-0.1, -0.05) is 61.0 Å². The van der Waals surface area contributed by atoms with E-state index in [-0.39, 0.29) is 4.90 Å². The first-order valence-corrected chi connectivity index (χ1v) is 13.9. The van der Waals surface area contributed by atoms with Crippen molar-refractivity contribution in [3.05, 3.63) is 84.4 Å². The molecule has 0 aromatic heterocycles. The van der Waals surface area contributed by atoms with Crippen molar-refractivity contribution in [2.24, 2.45) is 0 Å². The van der Waals surface area contributed by atoms with E-state index in [0.717, 1.165) is 45.7 Å². The minimum Gasteiger partial charge on any atom is -0.497 e. The molecule has 1 fully saturated rings. The molecule has 0 spiro atoms. The Morgan fingerprint density at radius 1 is 0.833 bits per heavy atom. The summed E-state index contributed by atoms with van der Waals surface area (Å²) in [4.78, 5) is 13.5. The third-order valence-corrected chi connectivity index (χ3v) is 9.53. The van der Waals surface area contributed by atoms with Gasteiger partial charge in [0.1, 0.15) is 17.1 Å². The van der Waals surface area contributed by atoms with E-state index in [0.29, 0.717) is 12.8 Å². The zero-order valence-electron chi connectivity index (χ0n) is 20.5. The van der Waals surface area contributed by atoms with Crippen LogP contribution in [0, 0.1) is 0 Å². The van der Waals surface area contributed by atoms with Crippen LogP contribution in [0.2, 0.25) is 0 Å². The Morgan fingerprint density at radius 2 is 1.50 bits per heavy atom. The molecule has 186 valence electrons. The molecule has 0 unspecified atom stereocenters. The van der Waals surface area contributed by atoms with Crippen molar-refractivity contribution < 1.29 is 22.7 Å². The third kappa shape index (κ3) is 4.70. The highest BCUT2D eigenvalue weighted by Crippen LogP contribution is 2.34.